The van der Waals surface area contributed by atoms with Crippen molar-refractivity contribution in [2.75, 3.05) is 26.8 Å². The van der Waals surface area contributed by atoms with E-state index in [-0.39, 0.29) is 17.9 Å². The van der Waals surface area contributed by atoms with Crippen LogP contribution in [0.4, 0.5) is 0 Å². The summed E-state index contributed by atoms with van der Waals surface area (Å²) in [5.74, 6) is -0.195. The van der Waals surface area contributed by atoms with E-state index < -0.39 is 0 Å². The number of nitrogens with zero attached hydrogens (tertiary/aromatic N) is 4. The van der Waals surface area contributed by atoms with Gasteiger partial charge in [-0.2, -0.15) is 10.2 Å². The predicted molar refractivity (Wildman–Crippen MR) is 82.8 cm³/mol. The number of hydrazone groups is 1. The zero-order chi connectivity index (χ0) is 16.6. The average molecular weight is 319 g/mol. The molecule has 2 amide bonds. The minimum absolute atomic E-state index is 0.0680. The molecule has 23 heavy (non-hydrogen) atoms. The number of morpholine rings is 1. The second-order valence-electron chi connectivity index (χ2n) is 5.90. The van der Waals surface area contributed by atoms with Crippen LogP contribution in [0.2, 0.25) is 0 Å². The molecule has 1 atom stereocenters. The topological polar surface area (TPSA) is 90.9 Å². The summed E-state index contributed by atoms with van der Waals surface area (Å²) in [6.07, 6.45) is 0.704. The Morgan fingerprint density at radius 3 is 2.78 bits per heavy atom. The number of H-pyrrole nitrogens is 1. The van der Waals surface area contributed by atoms with Gasteiger partial charge < -0.3 is 9.64 Å². The molecular weight excluding hydrogens is 298 g/mol. The highest BCUT2D eigenvalue weighted by atomic mass is 16.5. The van der Waals surface area contributed by atoms with Gasteiger partial charge in [-0.3, -0.25) is 14.7 Å². The Labute approximate surface area is 134 Å². The molecule has 0 aromatic carbocycles. The molecule has 1 unspecified atom stereocenters. The summed E-state index contributed by atoms with van der Waals surface area (Å²) in [7, 11) is 1.58. The van der Waals surface area contributed by atoms with Gasteiger partial charge in [0.05, 0.1) is 24.9 Å². The standard InChI is InChI=1S/C15H21N5O3/c1-9-14(10(2)17-16-9)12-8-23-7-6-20(12)15(22)11-4-5-13(21)19(3)18-11/h12H,4-8H2,1-3H3,(H,16,17). The molecule has 0 spiro atoms. The smallest absolute Gasteiger partial charge is 0.270 e. The van der Waals surface area contributed by atoms with Crippen molar-refractivity contribution in [1.29, 1.82) is 0 Å². The lowest BCUT2D eigenvalue weighted by Gasteiger charge is -2.36. The Balaban J connectivity index is 1.89. The predicted octanol–water partition coefficient (Wildman–Crippen LogP) is 0.535. The van der Waals surface area contributed by atoms with Crippen LogP contribution in [0, 0.1) is 13.8 Å². The zero-order valence-electron chi connectivity index (χ0n) is 13.6. The van der Waals surface area contributed by atoms with E-state index in [4.69, 9.17) is 4.74 Å². The summed E-state index contributed by atoms with van der Waals surface area (Å²) in [4.78, 5) is 26.2. The van der Waals surface area contributed by atoms with Crippen LogP contribution in [0.5, 0.6) is 0 Å². The van der Waals surface area contributed by atoms with Gasteiger partial charge in [0.1, 0.15) is 5.71 Å². The first-order valence-electron chi connectivity index (χ1n) is 7.73. The molecular formula is C15H21N5O3. The molecule has 1 N–H and O–H groups in total. The van der Waals surface area contributed by atoms with Gasteiger partial charge in [-0.05, 0) is 13.8 Å². The van der Waals surface area contributed by atoms with Gasteiger partial charge in [-0.1, -0.05) is 0 Å². The van der Waals surface area contributed by atoms with Crippen molar-refractivity contribution in [3.05, 3.63) is 17.0 Å². The third kappa shape index (κ3) is 2.86. The summed E-state index contributed by atoms with van der Waals surface area (Å²) in [6.45, 7) is 5.30. The number of ether oxygens (including phenoxy) is 1. The second kappa shape index (κ2) is 6.11. The minimum Gasteiger partial charge on any atom is -0.377 e. The first kappa shape index (κ1) is 15.7. The quantitative estimate of drug-likeness (QED) is 0.861. The fourth-order valence-electron chi connectivity index (χ4n) is 3.13. The van der Waals surface area contributed by atoms with Crippen molar-refractivity contribution < 1.29 is 14.3 Å². The SMILES string of the molecule is Cc1n[nH]c(C)c1C1COCCN1C(=O)C1=NN(C)C(=O)CC1. The van der Waals surface area contributed by atoms with E-state index in [2.05, 4.69) is 15.3 Å². The molecule has 0 saturated carbocycles. The summed E-state index contributed by atoms with van der Waals surface area (Å²) >= 11 is 0. The Morgan fingerprint density at radius 1 is 1.35 bits per heavy atom. The maximum Gasteiger partial charge on any atom is 0.270 e. The molecule has 0 radical (unpaired) electrons. The Kier molecular flexibility index (Phi) is 4.16. The molecule has 124 valence electrons. The van der Waals surface area contributed by atoms with Crippen molar-refractivity contribution in [2.24, 2.45) is 5.10 Å². The van der Waals surface area contributed by atoms with Crippen molar-refractivity contribution in [3.63, 3.8) is 0 Å². The van der Waals surface area contributed by atoms with Crippen molar-refractivity contribution in [1.82, 2.24) is 20.1 Å². The maximum absolute atomic E-state index is 12.9. The summed E-state index contributed by atoms with van der Waals surface area (Å²) in [5, 5.41) is 12.6. The van der Waals surface area contributed by atoms with E-state index in [0.717, 1.165) is 17.0 Å². The molecule has 1 saturated heterocycles. The van der Waals surface area contributed by atoms with E-state index in [9.17, 15) is 9.59 Å². The molecule has 1 fully saturated rings. The first-order chi connectivity index (χ1) is 11.0. The third-order valence-corrected chi connectivity index (χ3v) is 4.36. The summed E-state index contributed by atoms with van der Waals surface area (Å²) in [5.41, 5.74) is 3.24. The number of rotatable bonds is 2. The lowest BCUT2D eigenvalue weighted by atomic mass is 10.0. The van der Waals surface area contributed by atoms with E-state index in [1.165, 1.54) is 5.01 Å². The van der Waals surface area contributed by atoms with E-state index in [0.29, 0.717) is 38.3 Å². The molecule has 3 rings (SSSR count). The lowest BCUT2D eigenvalue weighted by Crippen LogP contribution is -2.48. The van der Waals surface area contributed by atoms with Gasteiger partial charge in [0.15, 0.2) is 0 Å². The van der Waals surface area contributed by atoms with Crippen molar-refractivity contribution in [2.45, 2.75) is 32.7 Å². The van der Waals surface area contributed by atoms with Crippen LogP contribution in [-0.2, 0) is 14.3 Å². The number of amides is 2. The van der Waals surface area contributed by atoms with E-state index >= 15 is 0 Å². The lowest BCUT2D eigenvalue weighted by molar-refractivity contribution is -0.134. The van der Waals surface area contributed by atoms with Gasteiger partial charge in [-0.25, -0.2) is 5.01 Å². The fourth-order valence-corrected chi connectivity index (χ4v) is 3.13. The number of carbonyl (C=O) groups is 2. The third-order valence-electron chi connectivity index (χ3n) is 4.36. The molecule has 2 aliphatic heterocycles. The average Bonchev–Trinajstić information content (AvgIpc) is 2.88. The van der Waals surface area contributed by atoms with Crippen LogP contribution in [0.25, 0.3) is 0 Å². The van der Waals surface area contributed by atoms with Crippen LogP contribution in [-0.4, -0.2) is 64.4 Å². The van der Waals surface area contributed by atoms with Gasteiger partial charge in [0, 0.05) is 37.7 Å². The molecule has 3 heterocycles. The van der Waals surface area contributed by atoms with E-state index in [1.807, 2.05) is 13.8 Å². The molecule has 0 bridgehead atoms. The highest BCUT2D eigenvalue weighted by Gasteiger charge is 2.35. The van der Waals surface area contributed by atoms with Gasteiger partial charge in [0.25, 0.3) is 5.91 Å². The Hall–Kier alpha value is -2.22. The first-order valence-corrected chi connectivity index (χ1v) is 7.73. The molecule has 2 aliphatic rings. The van der Waals surface area contributed by atoms with Crippen LogP contribution in [0.1, 0.15) is 35.8 Å². The van der Waals surface area contributed by atoms with E-state index in [1.54, 1.807) is 11.9 Å². The molecule has 1 aromatic heterocycles. The molecule has 0 aliphatic carbocycles. The second-order valence-corrected chi connectivity index (χ2v) is 5.90. The Morgan fingerprint density at radius 2 is 2.13 bits per heavy atom. The Bertz CT molecular complexity index is 647. The van der Waals surface area contributed by atoms with Crippen LogP contribution in [0.3, 0.4) is 0 Å². The van der Waals surface area contributed by atoms with Gasteiger partial charge in [-0.15, -0.1) is 0 Å². The van der Waals surface area contributed by atoms with Gasteiger partial charge in [0.2, 0.25) is 5.91 Å². The van der Waals surface area contributed by atoms with Gasteiger partial charge >= 0.3 is 0 Å². The minimum atomic E-state index is -0.180. The van der Waals surface area contributed by atoms with Crippen molar-refractivity contribution in [3.8, 4) is 0 Å². The monoisotopic (exact) mass is 319 g/mol. The highest BCUT2D eigenvalue weighted by molar-refractivity contribution is 6.39. The number of aromatic nitrogens is 2. The number of aromatic amines is 1. The molecule has 8 heteroatoms. The zero-order valence-corrected chi connectivity index (χ0v) is 13.6. The number of hydrogen-bond donors (Lipinski definition) is 1. The normalized spacial score (nSPS) is 22.3. The number of hydrogen-bond acceptors (Lipinski definition) is 5. The largest absolute Gasteiger partial charge is 0.377 e. The summed E-state index contributed by atoms with van der Waals surface area (Å²) in [6, 6.07) is -0.180. The van der Waals surface area contributed by atoms with Crippen LogP contribution < -0.4 is 0 Å². The van der Waals surface area contributed by atoms with Crippen molar-refractivity contribution >= 4 is 17.5 Å². The number of nitrogens with one attached hydrogen (secondary N) is 1. The maximum atomic E-state index is 12.9. The van der Waals surface area contributed by atoms with Crippen LogP contribution >= 0.6 is 0 Å². The van der Waals surface area contributed by atoms with Crippen LogP contribution in [0.15, 0.2) is 5.10 Å². The molecule has 8 nitrogen and oxygen atoms in total. The fraction of sp³-hybridized carbons (Fsp3) is 0.600. The highest BCUT2D eigenvalue weighted by Crippen LogP contribution is 2.29. The number of carbonyl (C=O) groups excluding carboxylic acids is 2. The molecule has 1 aromatic rings. The summed E-state index contributed by atoms with van der Waals surface area (Å²) < 4.78 is 5.58. The number of aryl methyl sites for hydroxylation is 2.